The molecule has 1 fully saturated rings. The predicted octanol–water partition coefficient (Wildman–Crippen LogP) is 4.15. The van der Waals surface area contributed by atoms with E-state index in [2.05, 4.69) is 26.6 Å². The summed E-state index contributed by atoms with van der Waals surface area (Å²) in [5.41, 5.74) is 0.916. The van der Waals surface area contributed by atoms with Gasteiger partial charge in [0.05, 0.1) is 5.41 Å². The molecule has 3 N–H and O–H groups in total. The highest BCUT2D eigenvalue weighted by Gasteiger charge is 2.54. The first-order valence-corrected chi connectivity index (χ1v) is 9.43. The molecule has 1 saturated carbocycles. The van der Waals surface area contributed by atoms with E-state index in [9.17, 15) is 14.7 Å². The van der Waals surface area contributed by atoms with E-state index >= 15 is 0 Å². The van der Waals surface area contributed by atoms with Crippen LogP contribution in [0.1, 0.15) is 31.2 Å². The van der Waals surface area contributed by atoms with E-state index in [1.54, 1.807) is 0 Å². The number of nitrogens with one attached hydrogen (secondary N) is 2. The Morgan fingerprint density at radius 3 is 2.50 bits per heavy atom. The van der Waals surface area contributed by atoms with Crippen molar-refractivity contribution in [1.82, 2.24) is 0 Å². The summed E-state index contributed by atoms with van der Waals surface area (Å²) in [5.74, 6) is -0.890. The second-order valence-electron chi connectivity index (χ2n) is 7.10. The molecule has 134 valence electrons. The first kappa shape index (κ1) is 17.1. The molecule has 1 aliphatic heterocycles. The minimum atomic E-state index is -1.07. The SMILES string of the molecule is O=C(O)C1(Nc2cccc(Br)c2)CCC2(CC1)C(=O)Nc1ccccc12. The number of hydrogen-bond acceptors (Lipinski definition) is 3. The summed E-state index contributed by atoms with van der Waals surface area (Å²) < 4.78 is 0.888. The van der Waals surface area contributed by atoms with Crippen LogP contribution in [0.4, 0.5) is 11.4 Å². The lowest BCUT2D eigenvalue weighted by molar-refractivity contribution is -0.144. The van der Waals surface area contributed by atoms with Crippen molar-refractivity contribution in [2.24, 2.45) is 0 Å². The predicted molar refractivity (Wildman–Crippen MR) is 103 cm³/mol. The van der Waals surface area contributed by atoms with Crippen LogP contribution in [-0.2, 0) is 15.0 Å². The zero-order chi connectivity index (χ0) is 18.4. The fourth-order valence-electron chi connectivity index (χ4n) is 4.21. The fraction of sp³-hybridized carbons (Fsp3) is 0.300. The highest BCUT2D eigenvalue weighted by molar-refractivity contribution is 9.10. The maximum Gasteiger partial charge on any atom is 0.329 e. The van der Waals surface area contributed by atoms with Crippen molar-refractivity contribution < 1.29 is 14.7 Å². The first-order valence-electron chi connectivity index (χ1n) is 8.63. The highest BCUT2D eigenvalue weighted by Crippen LogP contribution is 2.50. The number of hydrogen-bond donors (Lipinski definition) is 3. The van der Waals surface area contributed by atoms with E-state index in [0.29, 0.717) is 25.7 Å². The number of fused-ring (bicyclic) bond motifs is 2. The summed E-state index contributed by atoms with van der Waals surface area (Å²) in [6, 6.07) is 15.2. The number of aliphatic carboxylic acids is 1. The Balaban J connectivity index is 1.63. The van der Waals surface area contributed by atoms with Gasteiger partial charge in [0.25, 0.3) is 0 Å². The number of halogens is 1. The number of carboxylic acids is 1. The molecule has 0 bridgehead atoms. The van der Waals surface area contributed by atoms with Crippen LogP contribution < -0.4 is 10.6 Å². The molecule has 0 radical (unpaired) electrons. The molecule has 2 aromatic rings. The fourth-order valence-corrected chi connectivity index (χ4v) is 4.61. The highest BCUT2D eigenvalue weighted by atomic mass is 79.9. The number of carbonyl (C=O) groups excluding carboxylic acids is 1. The van der Waals surface area contributed by atoms with Crippen LogP contribution in [0.2, 0.25) is 0 Å². The van der Waals surface area contributed by atoms with Crippen molar-refractivity contribution in [3.05, 3.63) is 58.6 Å². The van der Waals surface area contributed by atoms with Gasteiger partial charge in [0.1, 0.15) is 5.54 Å². The van der Waals surface area contributed by atoms with Gasteiger partial charge in [0.15, 0.2) is 0 Å². The smallest absolute Gasteiger partial charge is 0.329 e. The van der Waals surface area contributed by atoms with Crippen LogP contribution >= 0.6 is 15.9 Å². The molecule has 6 heteroatoms. The third-order valence-corrected chi connectivity index (χ3v) is 6.19. The summed E-state index contributed by atoms with van der Waals surface area (Å²) in [6.07, 6.45) is 1.78. The molecule has 0 unspecified atom stereocenters. The topological polar surface area (TPSA) is 78.4 Å². The van der Waals surface area contributed by atoms with Crippen molar-refractivity contribution in [2.45, 2.75) is 36.6 Å². The first-order chi connectivity index (χ1) is 12.5. The summed E-state index contributed by atoms with van der Waals surface area (Å²) >= 11 is 3.42. The molecular formula is C20H19BrN2O3. The van der Waals surface area contributed by atoms with E-state index in [4.69, 9.17) is 0 Å². The largest absolute Gasteiger partial charge is 0.480 e. The standard InChI is InChI=1S/C20H19BrN2O3/c21-13-4-3-5-14(12-13)23-20(18(25)26)10-8-19(9-11-20)15-6-1-2-7-16(15)22-17(19)24/h1-7,12,23H,8-11H2,(H,22,24)(H,25,26). The lowest BCUT2D eigenvalue weighted by Gasteiger charge is -2.42. The van der Waals surface area contributed by atoms with Crippen LogP contribution in [0.15, 0.2) is 53.0 Å². The van der Waals surface area contributed by atoms with E-state index in [0.717, 1.165) is 21.4 Å². The lowest BCUT2D eigenvalue weighted by Crippen LogP contribution is -2.53. The second-order valence-corrected chi connectivity index (χ2v) is 8.02. The number of carbonyl (C=O) groups is 2. The van der Waals surface area contributed by atoms with E-state index < -0.39 is 16.9 Å². The Labute approximate surface area is 159 Å². The van der Waals surface area contributed by atoms with Crippen LogP contribution in [0.3, 0.4) is 0 Å². The average Bonchev–Trinajstić information content (AvgIpc) is 2.89. The van der Waals surface area contributed by atoms with Crippen molar-refractivity contribution in [3.63, 3.8) is 0 Å². The molecule has 1 spiro atoms. The van der Waals surface area contributed by atoms with Gasteiger partial charge < -0.3 is 15.7 Å². The molecule has 4 rings (SSSR count). The zero-order valence-corrected chi connectivity index (χ0v) is 15.7. The summed E-state index contributed by atoms with van der Waals surface area (Å²) in [6.45, 7) is 0. The molecule has 2 aliphatic rings. The van der Waals surface area contributed by atoms with Crippen LogP contribution in [0.25, 0.3) is 0 Å². The maximum absolute atomic E-state index is 12.7. The minimum Gasteiger partial charge on any atom is -0.480 e. The maximum atomic E-state index is 12.7. The summed E-state index contributed by atoms with van der Waals surface area (Å²) in [5, 5.41) is 16.1. The van der Waals surface area contributed by atoms with Crippen LogP contribution in [0.5, 0.6) is 0 Å². The van der Waals surface area contributed by atoms with Gasteiger partial charge >= 0.3 is 5.97 Å². The van der Waals surface area contributed by atoms with Crippen molar-refractivity contribution in [1.29, 1.82) is 0 Å². The molecule has 2 aromatic carbocycles. The number of benzene rings is 2. The molecule has 1 amide bonds. The van der Waals surface area contributed by atoms with Gasteiger partial charge in [0, 0.05) is 15.8 Å². The van der Waals surface area contributed by atoms with Gasteiger partial charge in [-0.3, -0.25) is 4.79 Å². The van der Waals surface area contributed by atoms with Gasteiger partial charge in [-0.1, -0.05) is 40.2 Å². The number of carboxylic acid groups (broad SMARTS) is 1. The zero-order valence-electron chi connectivity index (χ0n) is 14.1. The summed E-state index contributed by atoms with van der Waals surface area (Å²) in [7, 11) is 0. The van der Waals surface area contributed by atoms with E-state index in [-0.39, 0.29) is 5.91 Å². The Morgan fingerprint density at radius 1 is 1.08 bits per heavy atom. The molecule has 0 aromatic heterocycles. The third-order valence-electron chi connectivity index (χ3n) is 5.70. The molecule has 5 nitrogen and oxygen atoms in total. The molecule has 0 atom stereocenters. The molecular weight excluding hydrogens is 396 g/mol. The normalized spacial score (nSPS) is 27.0. The molecule has 1 heterocycles. The lowest BCUT2D eigenvalue weighted by atomic mass is 9.64. The van der Waals surface area contributed by atoms with Crippen LogP contribution in [0, 0.1) is 0 Å². The second kappa shape index (κ2) is 6.13. The number of para-hydroxylation sites is 1. The van der Waals surface area contributed by atoms with Gasteiger partial charge in [-0.25, -0.2) is 4.79 Å². The molecule has 0 saturated heterocycles. The quantitative estimate of drug-likeness (QED) is 0.704. The Hall–Kier alpha value is -2.34. The molecule has 1 aliphatic carbocycles. The number of anilines is 2. The van der Waals surface area contributed by atoms with Gasteiger partial charge in [-0.2, -0.15) is 0 Å². The van der Waals surface area contributed by atoms with E-state index in [1.165, 1.54) is 0 Å². The van der Waals surface area contributed by atoms with Gasteiger partial charge in [-0.15, -0.1) is 0 Å². The minimum absolute atomic E-state index is 0.0138. The van der Waals surface area contributed by atoms with E-state index in [1.807, 2.05) is 48.5 Å². The van der Waals surface area contributed by atoms with Gasteiger partial charge in [-0.05, 0) is 55.5 Å². The van der Waals surface area contributed by atoms with Crippen LogP contribution in [-0.4, -0.2) is 22.5 Å². The van der Waals surface area contributed by atoms with Gasteiger partial charge in [0.2, 0.25) is 5.91 Å². The van der Waals surface area contributed by atoms with Crippen molar-refractivity contribution in [2.75, 3.05) is 10.6 Å². The number of amides is 1. The summed E-state index contributed by atoms with van der Waals surface area (Å²) in [4.78, 5) is 24.8. The third kappa shape index (κ3) is 2.60. The Morgan fingerprint density at radius 2 is 1.81 bits per heavy atom. The average molecular weight is 415 g/mol. The number of rotatable bonds is 3. The van der Waals surface area contributed by atoms with Crippen molar-refractivity contribution in [3.8, 4) is 0 Å². The monoisotopic (exact) mass is 414 g/mol. The molecule has 26 heavy (non-hydrogen) atoms. The Bertz CT molecular complexity index is 888. The Kier molecular flexibility index (Phi) is 4.03. The van der Waals surface area contributed by atoms with Crippen molar-refractivity contribution >= 4 is 39.2 Å².